The summed E-state index contributed by atoms with van der Waals surface area (Å²) in [6.45, 7) is 3.64. The van der Waals surface area contributed by atoms with Gasteiger partial charge in [0.2, 0.25) is 0 Å². The summed E-state index contributed by atoms with van der Waals surface area (Å²) in [6.07, 6.45) is -7.67. The summed E-state index contributed by atoms with van der Waals surface area (Å²) in [5.74, 6) is -0.172. The molecule has 0 saturated carbocycles. The fourth-order valence-corrected chi connectivity index (χ4v) is 3.19. The molecule has 1 aliphatic rings. The van der Waals surface area contributed by atoms with Gasteiger partial charge in [0.05, 0.1) is 21.9 Å². The molecule has 0 radical (unpaired) electrons. The molecule has 0 amide bonds. The maximum Gasteiger partial charge on any atom is 0.416 e. The number of benzene rings is 1. The van der Waals surface area contributed by atoms with Crippen molar-refractivity contribution in [2.75, 3.05) is 0 Å². The van der Waals surface area contributed by atoms with Crippen molar-refractivity contribution in [1.29, 1.82) is 0 Å². The normalized spacial score (nSPS) is 19.7. The number of aliphatic imine (C=N–C) groups is 1. The van der Waals surface area contributed by atoms with Gasteiger partial charge in [-0.05, 0) is 37.6 Å². The lowest BCUT2D eigenvalue weighted by molar-refractivity contribution is -0.143. The van der Waals surface area contributed by atoms with Crippen LogP contribution in [0.4, 0.5) is 26.3 Å². The Bertz CT molecular complexity index is 770. The standard InChI is InChI=1S/C17H13Cl2F6N/c1-8-3-9(2)14(13(18)4-8)26-15(19)10-5-11(16(20,21)22)7-12(6-10)17(23,24)25/h4-7,9H,3H2,1-2H3/b26-15+. The highest BCUT2D eigenvalue weighted by Gasteiger charge is 2.37. The van der Waals surface area contributed by atoms with Gasteiger partial charge in [-0.25, -0.2) is 4.99 Å². The Hall–Kier alpha value is -1.47. The van der Waals surface area contributed by atoms with E-state index in [1.165, 1.54) is 0 Å². The van der Waals surface area contributed by atoms with Crippen molar-refractivity contribution in [2.24, 2.45) is 10.9 Å². The summed E-state index contributed by atoms with van der Waals surface area (Å²) >= 11 is 12.0. The molecule has 0 bridgehead atoms. The van der Waals surface area contributed by atoms with Gasteiger partial charge in [-0.3, -0.25) is 0 Å². The van der Waals surface area contributed by atoms with Crippen LogP contribution in [-0.4, -0.2) is 5.17 Å². The van der Waals surface area contributed by atoms with Crippen LogP contribution in [0.5, 0.6) is 0 Å². The Kier molecular flexibility index (Phi) is 5.83. The fourth-order valence-electron chi connectivity index (χ4n) is 2.57. The molecule has 0 fully saturated rings. The largest absolute Gasteiger partial charge is 0.416 e. The van der Waals surface area contributed by atoms with E-state index in [0.29, 0.717) is 24.3 Å². The minimum Gasteiger partial charge on any atom is -0.239 e. The van der Waals surface area contributed by atoms with Crippen LogP contribution in [0.1, 0.15) is 37.0 Å². The third kappa shape index (κ3) is 4.82. The van der Waals surface area contributed by atoms with Crippen molar-refractivity contribution in [2.45, 2.75) is 32.6 Å². The van der Waals surface area contributed by atoms with Gasteiger partial charge in [-0.1, -0.05) is 35.7 Å². The molecule has 0 N–H and O–H groups in total. The van der Waals surface area contributed by atoms with Crippen molar-refractivity contribution in [1.82, 2.24) is 0 Å². The van der Waals surface area contributed by atoms with E-state index in [0.717, 1.165) is 5.57 Å². The highest BCUT2D eigenvalue weighted by Crippen LogP contribution is 2.37. The van der Waals surface area contributed by atoms with Crippen molar-refractivity contribution >= 4 is 28.4 Å². The maximum absolute atomic E-state index is 12.9. The summed E-state index contributed by atoms with van der Waals surface area (Å²) in [7, 11) is 0. The topological polar surface area (TPSA) is 12.4 Å². The first-order valence-electron chi connectivity index (χ1n) is 7.40. The minimum absolute atomic E-state index is 0.0370. The number of alkyl halides is 6. The first-order chi connectivity index (χ1) is 11.8. The smallest absolute Gasteiger partial charge is 0.239 e. The summed E-state index contributed by atoms with van der Waals surface area (Å²) in [5.41, 5.74) is -2.10. The number of hydrogen-bond donors (Lipinski definition) is 0. The predicted octanol–water partition coefficient (Wildman–Crippen LogP) is 7.15. The van der Waals surface area contributed by atoms with Gasteiger partial charge in [0.25, 0.3) is 0 Å². The summed E-state index contributed by atoms with van der Waals surface area (Å²) in [6, 6.07) is 1.10. The molecule has 0 spiro atoms. The number of halogens is 8. The summed E-state index contributed by atoms with van der Waals surface area (Å²) in [4.78, 5) is 4.00. The van der Waals surface area contributed by atoms with Crippen LogP contribution in [0.15, 0.2) is 45.6 Å². The van der Waals surface area contributed by atoms with E-state index in [1.54, 1.807) is 13.0 Å². The van der Waals surface area contributed by atoms with Gasteiger partial charge in [-0.15, -0.1) is 0 Å². The molecule has 1 atom stereocenters. The summed E-state index contributed by atoms with van der Waals surface area (Å²) < 4.78 is 77.6. The van der Waals surface area contributed by atoms with Crippen molar-refractivity contribution in [3.05, 3.63) is 57.3 Å². The van der Waals surface area contributed by atoms with Crippen LogP contribution in [0.2, 0.25) is 0 Å². The van der Waals surface area contributed by atoms with Crippen molar-refractivity contribution in [3.63, 3.8) is 0 Å². The Morgan fingerprint density at radius 2 is 1.54 bits per heavy atom. The maximum atomic E-state index is 12.9. The molecule has 0 aromatic heterocycles. The quantitative estimate of drug-likeness (QED) is 0.359. The number of nitrogens with zero attached hydrogens (tertiary/aromatic N) is 1. The lowest BCUT2D eigenvalue weighted by atomic mass is 9.94. The average molecular weight is 416 g/mol. The molecule has 26 heavy (non-hydrogen) atoms. The fraction of sp³-hybridized carbons (Fsp3) is 0.353. The molecule has 1 aliphatic carbocycles. The first-order valence-corrected chi connectivity index (χ1v) is 8.15. The second-order valence-electron chi connectivity index (χ2n) is 6.03. The highest BCUT2D eigenvalue weighted by molar-refractivity contribution is 6.69. The van der Waals surface area contributed by atoms with Crippen LogP contribution >= 0.6 is 23.2 Å². The molecule has 0 heterocycles. The van der Waals surface area contributed by atoms with E-state index in [1.807, 2.05) is 6.92 Å². The molecule has 1 nitrogen and oxygen atoms in total. The van der Waals surface area contributed by atoms with Crippen LogP contribution < -0.4 is 0 Å². The van der Waals surface area contributed by atoms with E-state index < -0.39 is 34.2 Å². The lowest BCUT2D eigenvalue weighted by Gasteiger charge is -2.19. The lowest BCUT2D eigenvalue weighted by Crippen LogP contribution is -2.13. The Morgan fingerprint density at radius 3 is 1.96 bits per heavy atom. The number of allylic oxidation sites excluding steroid dienone is 4. The van der Waals surface area contributed by atoms with Crippen molar-refractivity contribution in [3.8, 4) is 0 Å². The molecule has 0 saturated heterocycles. The molecule has 1 unspecified atom stereocenters. The molecule has 2 rings (SSSR count). The molecule has 9 heteroatoms. The zero-order valence-corrected chi connectivity index (χ0v) is 15.1. The van der Waals surface area contributed by atoms with Crippen molar-refractivity contribution < 1.29 is 26.3 Å². The van der Waals surface area contributed by atoms with Crippen LogP contribution in [0, 0.1) is 5.92 Å². The minimum atomic E-state index is -4.96. The van der Waals surface area contributed by atoms with E-state index in [2.05, 4.69) is 4.99 Å². The van der Waals surface area contributed by atoms with Gasteiger partial charge in [0, 0.05) is 11.5 Å². The van der Waals surface area contributed by atoms with E-state index >= 15 is 0 Å². The van der Waals surface area contributed by atoms with Gasteiger partial charge in [0.15, 0.2) is 0 Å². The molecule has 0 aliphatic heterocycles. The number of hydrogen-bond acceptors (Lipinski definition) is 1. The van der Waals surface area contributed by atoms with Gasteiger partial charge in [0.1, 0.15) is 5.17 Å². The molecule has 1 aromatic carbocycles. The monoisotopic (exact) mass is 415 g/mol. The molecular weight excluding hydrogens is 403 g/mol. The second-order valence-corrected chi connectivity index (χ2v) is 6.79. The Balaban J connectivity index is 2.58. The molecule has 1 aromatic rings. The van der Waals surface area contributed by atoms with Crippen LogP contribution in [0.3, 0.4) is 0 Å². The molecule has 142 valence electrons. The molecular formula is C17H13Cl2F6N. The van der Waals surface area contributed by atoms with Gasteiger partial charge in [-0.2, -0.15) is 26.3 Å². The zero-order chi connectivity index (χ0) is 19.9. The summed E-state index contributed by atoms with van der Waals surface area (Å²) in [5, 5.41) is -0.239. The van der Waals surface area contributed by atoms with E-state index in [9.17, 15) is 26.3 Å². The van der Waals surface area contributed by atoms with Gasteiger partial charge >= 0.3 is 12.4 Å². The van der Waals surface area contributed by atoms with E-state index in [4.69, 9.17) is 23.2 Å². The Labute approximate surface area is 156 Å². The zero-order valence-electron chi connectivity index (χ0n) is 13.6. The third-order valence-corrected chi connectivity index (χ3v) is 4.36. The van der Waals surface area contributed by atoms with E-state index in [-0.39, 0.29) is 17.0 Å². The first kappa shape index (κ1) is 20.8. The Morgan fingerprint density at radius 1 is 1.04 bits per heavy atom. The predicted molar refractivity (Wildman–Crippen MR) is 89.3 cm³/mol. The SMILES string of the molecule is CC1=CC(Cl)=C(/N=C(/Cl)c2cc(C(F)(F)F)cc(C(F)(F)F)c2)C(C)C1. The second kappa shape index (κ2) is 7.27. The van der Waals surface area contributed by atoms with Crippen LogP contribution in [0.25, 0.3) is 0 Å². The third-order valence-electron chi connectivity index (χ3n) is 3.76. The average Bonchev–Trinajstić information content (AvgIpc) is 2.48. The highest BCUT2D eigenvalue weighted by atomic mass is 35.5. The van der Waals surface area contributed by atoms with Gasteiger partial charge < -0.3 is 0 Å². The van der Waals surface area contributed by atoms with Crippen LogP contribution in [-0.2, 0) is 12.4 Å². The number of rotatable bonds is 2.